The molecule has 2 fully saturated rings. The van der Waals surface area contributed by atoms with E-state index >= 15 is 0 Å². The molecular formula is C21H29N5O. The summed E-state index contributed by atoms with van der Waals surface area (Å²) in [6.45, 7) is 3.98. The summed E-state index contributed by atoms with van der Waals surface area (Å²) in [6, 6.07) is 1.84. The maximum absolute atomic E-state index is 12.4. The number of fused-ring (bicyclic) bond motifs is 1. The Balaban J connectivity index is 1.19. The molecule has 0 radical (unpaired) electrons. The van der Waals surface area contributed by atoms with Gasteiger partial charge in [-0.2, -0.15) is 10.2 Å². The Morgan fingerprint density at radius 1 is 1.11 bits per heavy atom. The number of hydrogen-bond donors (Lipinski definition) is 1. The summed E-state index contributed by atoms with van der Waals surface area (Å²) in [7, 11) is 0. The minimum atomic E-state index is 0.0885. The summed E-state index contributed by atoms with van der Waals surface area (Å²) in [6.07, 6.45) is 11.3. The Bertz CT molecular complexity index is 858. The van der Waals surface area contributed by atoms with Crippen molar-refractivity contribution in [3.63, 3.8) is 0 Å². The SMILES string of the molecule is O=c1cc2c(nn1CC1CCN(Cc3cn[nH]c3C3CC3)CC1)CCCC2. The standard InChI is InChI=1S/C21H29N5O/c27-20-11-17-3-1-2-4-19(17)24-26(20)13-15-7-9-25(10-8-15)14-18-12-22-23-21(18)16-5-6-16/h11-12,15-16H,1-10,13-14H2,(H,22,23). The van der Waals surface area contributed by atoms with Gasteiger partial charge in [-0.1, -0.05) is 0 Å². The van der Waals surface area contributed by atoms with Crippen LogP contribution in [-0.2, 0) is 25.9 Å². The fourth-order valence-corrected chi connectivity index (χ4v) is 4.72. The van der Waals surface area contributed by atoms with Crippen molar-refractivity contribution in [2.75, 3.05) is 13.1 Å². The van der Waals surface area contributed by atoms with E-state index in [9.17, 15) is 4.79 Å². The minimum Gasteiger partial charge on any atom is -0.299 e. The van der Waals surface area contributed by atoms with E-state index in [0.717, 1.165) is 63.5 Å². The number of aryl methyl sites for hydroxylation is 2. The van der Waals surface area contributed by atoms with E-state index in [-0.39, 0.29) is 5.56 Å². The number of hydrogen-bond acceptors (Lipinski definition) is 4. The molecule has 6 heteroatoms. The van der Waals surface area contributed by atoms with Gasteiger partial charge in [-0.3, -0.25) is 14.8 Å². The average molecular weight is 367 g/mol. The molecule has 0 amide bonds. The summed E-state index contributed by atoms with van der Waals surface area (Å²) < 4.78 is 1.74. The van der Waals surface area contributed by atoms with Crippen LogP contribution in [0.3, 0.4) is 0 Å². The van der Waals surface area contributed by atoms with Crippen molar-refractivity contribution in [2.24, 2.45) is 5.92 Å². The van der Waals surface area contributed by atoms with Gasteiger partial charge in [0.25, 0.3) is 5.56 Å². The van der Waals surface area contributed by atoms with Gasteiger partial charge in [0.15, 0.2) is 0 Å². The van der Waals surface area contributed by atoms with Crippen molar-refractivity contribution in [3.8, 4) is 0 Å². The smallest absolute Gasteiger partial charge is 0.267 e. The fraction of sp³-hybridized carbons (Fsp3) is 0.667. The molecule has 0 atom stereocenters. The van der Waals surface area contributed by atoms with Crippen LogP contribution in [0.1, 0.15) is 67.0 Å². The van der Waals surface area contributed by atoms with Crippen molar-refractivity contribution in [1.29, 1.82) is 0 Å². The zero-order valence-electron chi connectivity index (χ0n) is 16.0. The Hall–Kier alpha value is -1.95. The molecule has 1 saturated carbocycles. The van der Waals surface area contributed by atoms with Gasteiger partial charge < -0.3 is 0 Å². The molecule has 1 N–H and O–H groups in total. The third-order valence-electron chi connectivity index (χ3n) is 6.54. The summed E-state index contributed by atoms with van der Waals surface area (Å²) in [5.41, 5.74) is 5.17. The van der Waals surface area contributed by atoms with Crippen LogP contribution in [0.5, 0.6) is 0 Å². The van der Waals surface area contributed by atoms with Gasteiger partial charge in [0.1, 0.15) is 0 Å². The van der Waals surface area contributed by atoms with E-state index < -0.39 is 0 Å². The summed E-state index contributed by atoms with van der Waals surface area (Å²) >= 11 is 0. The minimum absolute atomic E-state index is 0.0885. The topological polar surface area (TPSA) is 66.8 Å². The van der Waals surface area contributed by atoms with Gasteiger partial charge in [-0.05, 0) is 75.9 Å². The predicted molar refractivity (Wildman–Crippen MR) is 104 cm³/mol. The highest BCUT2D eigenvalue weighted by molar-refractivity contribution is 5.24. The monoisotopic (exact) mass is 367 g/mol. The molecule has 5 rings (SSSR count). The number of aromatic nitrogens is 4. The van der Waals surface area contributed by atoms with Crippen LogP contribution >= 0.6 is 0 Å². The molecule has 0 bridgehead atoms. The first-order valence-corrected chi connectivity index (χ1v) is 10.6. The second-order valence-electron chi connectivity index (χ2n) is 8.65. The molecule has 2 aliphatic carbocycles. The number of nitrogens with one attached hydrogen (secondary N) is 1. The summed E-state index contributed by atoms with van der Waals surface area (Å²) in [4.78, 5) is 15.0. The summed E-state index contributed by atoms with van der Waals surface area (Å²) in [5, 5.41) is 12.2. The molecule has 2 aromatic heterocycles. The van der Waals surface area contributed by atoms with Crippen LogP contribution in [0.15, 0.2) is 17.1 Å². The normalized spacial score (nSPS) is 21.3. The van der Waals surface area contributed by atoms with Gasteiger partial charge in [0, 0.05) is 36.3 Å². The molecule has 27 heavy (non-hydrogen) atoms. The molecule has 2 aromatic rings. The van der Waals surface area contributed by atoms with Crippen LogP contribution in [0.4, 0.5) is 0 Å². The van der Waals surface area contributed by atoms with E-state index in [2.05, 4.69) is 15.1 Å². The van der Waals surface area contributed by atoms with Crippen molar-refractivity contribution >= 4 is 0 Å². The molecular weight excluding hydrogens is 338 g/mol. The Morgan fingerprint density at radius 3 is 2.74 bits per heavy atom. The highest BCUT2D eigenvalue weighted by Gasteiger charge is 2.29. The lowest BCUT2D eigenvalue weighted by Crippen LogP contribution is -2.37. The molecule has 0 unspecified atom stereocenters. The van der Waals surface area contributed by atoms with Crippen LogP contribution in [0.2, 0.25) is 0 Å². The van der Waals surface area contributed by atoms with E-state index in [0.29, 0.717) is 5.92 Å². The average Bonchev–Trinajstić information content (AvgIpc) is 3.43. The molecule has 144 valence electrons. The Kier molecular flexibility index (Phi) is 4.60. The van der Waals surface area contributed by atoms with E-state index in [1.54, 1.807) is 4.68 Å². The molecule has 6 nitrogen and oxygen atoms in total. The number of aromatic amines is 1. The lowest BCUT2D eigenvalue weighted by molar-refractivity contribution is 0.163. The highest BCUT2D eigenvalue weighted by Crippen LogP contribution is 2.40. The van der Waals surface area contributed by atoms with E-state index in [1.807, 2.05) is 12.3 Å². The van der Waals surface area contributed by atoms with Gasteiger partial charge in [0.05, 0.1) is 11.9 Å². The Labute approximate surface area is 160 Å². The first kappa shape index (κ1) is 17.2. The zero-order valence-corrected chi connectivity index (χ0v) is 16.0. The van der Waals surface area contributed by atoms with Gasteiger partial charge in [0.2, 0.25) is 0 Å². The molecule has 1 saturated heterocycles. The molecule has 3 aliphatic rings. The molecule has 0 aromatic carbocycles. The van der Waals surface area contributed by atoms with Crippen LogP contribution in [-0.4, -0.2) is 38.0 Å². The van der Waals surface area contributed by atoms with E-state index in [4.69, 9.17) is 5.10 Å². The maximum atomic E-state index is 12.4. The zero-order chi connectivity index (χ0) is 18.2. The second-order valence-corrected chi connectivity index (χ2v) is 8.65. The molecule has 3 heterocycles. The second kappa shape index (κ2) is 7.23. The van der Waals surface area contributed by atoms with Crippen molar-refractivity contribution in [3.05, 3.63) is 45.1 Å². The van der Waals surface area contributed by atoms with E-state index in [1.165, 1.54) is 42.5 Å². The number of likely N-dealkylation sites (tertiary alicyclic amines) is 1. The molecule has 0 spiro atoms. The largest absolute Gasteiger partial charge is 0.299 e. The van der Waals surface area contributed by atoms with Crippen LogP contribution < -0.4 is 5.56 Å². The number of H-pyrrole nitrogens is 1. The van der Waals surface area contributed by atoms with Crippen molar-refractivity contribution < 1.29 is 0 Å². The van der Waals surface area contributed by atoms with Gasteiger partial charge >= 0.3 is 0 Å². The highest BCUT2D eigenvalue weighted by atomic mass is 16.1. The first-order chi connectivity index (χ1) is 13.3. The first-order valence-electron chi connectivity index (χ1n) is 10.6. The third-order valence-corrected chi connectivity index (χ3v) is 6.54. The lowest BCUT2D eigenvalue weighted by atomic mass is 9.95. The Morgan fingerprint density at radius 2 is 1.93 bits per heavy atom. The molecule has 1 aliphatic heterocycles. The van der Waals surface area contributed by atoms with Crippen LogP contribution in [0.25, 0.3) is 0 Å². The van der Waals surface area contributed by atoms with Gasteiger partial charge in [-0.25, -0.2) is 4.68 Å². The number of nitrogens with zero attached hydrogens (tertiary/aromatic N) is 4. The predicted octanol–water partition coefficient (Wildman–Crippen LogP) is 2.63. The van der Waals surface area contributed by atoms with Crippen LogP contribution in [0, 0.1) is 5.92 Å². The number of piperidine rings is 1. The maximum Gasteiger partial charge on any atom is 0.267 e. The van der Waals surface area contributed by atoms with Crippen molar-refractivity contribution in [2.45, 2.75) is 70.4 Å². The quantitative estimate of drug-likeness (QED) is 0.882. The lowest BCUT2D eigenvalue weighted by Gasteiger charge is -2.32. The van der Waals surface area contributed by atoms with Crippen molar-refractivity contribution in [1.82, 2.24) is 24.9 Å². The number of rotatable bonds is 5. The fourth-order valence-electron chi connectivity index (χ4n) is 4.72. The summed E-state index contributed by atoms with van der Waals surface area (Å²) in [5.74, 6) is 1.28. The van der Waals surface area contributed by atoms with Gasteiger partial charge in [-0.15, -0.1) is 0 Å². The third kappa shape index (κ3) is 3.72.